The summed E-state index contributed by atoms with van der Waals surface area (Å²) in [5, 5.41) is 23.0. The number of amides is 1. The van der Waals surface area contributed by atoms with E-state index in [1.165, 1.54) is 193 Å². The summed E-state index contributed by atoms with van der Waals surface area (Å²) >= 11 is 0. The van der Waals surface area contributed by atoms with E-state index >= 15 is 0 Å². The first-order valence-electron chi connectivity index (χ1n) is 27.1. The first-order valence-corrected chi connectivity index (χ1v) is 27.1. The second-order valence-corrected chi connectivity index (χ2v) is 18.6. The molecule has 0 heterocycles. The van der Waals surface area contributed by atoms with Gasteiger partial charge in [-0.3, -0.25) is 9.59 Å². The highest BCUT2D eigenvalue weighted by molar-refractivity contribution is 5.76. The van der Waals surface area contributed by atoms with Gasteiger partial charge in [0, 0.05) is 12.8 Å². The van der Waals surface area contributed by atoms with Gasteiger partial charge >= 0.3 is 5.97 Å². The minimum Gasteiger partial charge on any atom is -0.466 e. The van der Waals surface area contributed by atoms with Crippen molar-refractivity contribution in [3.8, 4) is 0 Å². The van der Waals surface area contributed by atoms with Crippen molar-refractivity contribution in [2.75, 3.05) is 13.2 Å². The molecule has 0 spiro atoms. The molecule has 0 bridgehead atoms. The first-order chi connectivity index (χ1) is 30.0. The quantitative estimate of drug-likeness (QED) is 0.0322. The Labute approximate surface area is 380 Å². The summed E-state index contributed by atoms with van der Waals surface area (Å²) in [6.07, 6.45) is 60.5. The summed E-state index contributed by atoms with van der Waals surface area (Å²) in [5.74, 6) is -0.108. The van der Waals surface area contributed by atoms with E-state index in [1.807, 2.05) is 6.08 Å². The lowest BCUT2D eigenvalue weighted by molar-refractivity contribution is -0.143. The number of ether oxygens (including phenoxy) is 1. The van der Waals surface area contributed by atoms with Crippen molar-refractivity contribution in [1.82, 2.24) is 5.32 Å². The molecular weight excluding hydrogens is 755 g/mol. The van der Waals surface area contributed by atoms with E-state index in [1.54, 1.807) is 6.08 Å². The summed E-state index contributed by atoms with van der Waals surface area (Å²) < 4.78 is 5.47. The zero-order chi connectivity index (χ0) is 44.4. The van der Waals surface area contributed by atoms with Crippen molar-refractivity contribution >= 4 is 11.9 Å². The monoisotopic (exact) mass is 860 g/mol. The number of esters is 1. The Morgan fingerprint density at radius 1 is 0.443 bits per heavy atom. The van der Waals surface area contributed by atoms with Crippen molar-refractivity contribution < 1.29 is 24.5 Å². The molecule has 0 radical (unpaired) electrons. The highest BCUT2D eigenvalue weighted by Crippen LogP contribution is 2.16. The normalized spacial score (nSPS) is 12.8. The van der Waals surface area contributed by atoms with Crippen LogP contribution in [0.2, 0.25) is 0 Å². The number of carbonyl (C=O) groups excluding carboxylic acids is 2. The summed E-state index contributed by atoms with van der Waals surface area (Å²) in [5.41, 5.74) is 0. The van der Waals surface area contributed by atoms with Crippen molar-refractivity contribution in [2.45, 2.75) is 302 Å². The second kappa shape index (κ2) is 51.0. The van der Waals surface area contributed by atoms with Gasteiger partial charge in [-0.1, -0.05) is 244 Å². The van der Waals surface area contributed by atoms with Crippen LogP contribution in [0.25, 0.3) is 0 Å². The van der Waals surface area contributed by atoms with Crippen LogP contribution in [0, 0.1) is 0 Å². The molecule has 6 nitrogen and oxygen atoms in total. The second-order valence-electron chi connectivity index (χ2n) is 18.6. The van der Waals surface area contributed by atoms with E-state index in [-0.39, 0.29) is 18.5 Å². The molecule has 360 valence electrons. The molecule has 0 aromatic rings. The molecule has 3 N–H and O–H groups in total. The van der Waals surface area contributed by atoms with Crippen molar-refractivity contribution in [1.29, 1.82) is 0 Å². The van der Waals surface area contributed by atoms with Gasteiger partial charge in [-0.2, -0.15) is 0 Å². The minimum atomic E-state index is -0.860. The molecule has 0 fully saturated rings. The smallest absolute Gasteiger partial charge is 0.305 e. The number of aliphatic hydroxyl groups excluding tert-OH is 2. The number of hydrogen-bond donors (Lipinski definition) is 3. The maximum absolute atomic E-state index is 12.4. The highest BCUT2D eigenvalue weighted by Gasteiger charge is 2.18. The SMILES string of the molecule is CCCCCCCCCCCC/C=C/C(O)C(CO)NC(=O)CCCCC/C=C\CCCCCCCCOC(=O)CCCCCCCCCCCCCCCCCCCCC. The molecule has 61 heavy (non-hydrogen) atoms. The van der Waals surface area contributed by atoms with Gasteiger partial charge in [-0.25, -0.2) is 0 Å². The van der Waals surface area contributed by atoms with Crippen LogP contribution in [0.5, 0.6) is 0 Å². The molecule has 2 unspecified atom stereocenters. The number of nitrogens with one attached hydrogen (secondary N) is 1. The van der Waals surface area contributed by atoms with E-state index in [0.29, 0.717) is 19.4 Å². The summed E-state index contributed by atoms with van der Waals surface area (Å²) in [7, 11) is 0. The molecular formula is C55H105NO5. The van der Waals surface area contributed by atoms with E-state index < -0.39 is 12.1 Å². The lowest BCUT2D eigenvalue weighted by Gasteiger charge is -2.19. The lowest BCUT2D eigenvalue weighted by atomic mass is 10.0. The van der Waals surface area contributed by atoms with Gasteiger partial charge in [-0.05, 0) is 57.8 Å². The Morgan fingerprint density at radius 2 is 0.770 bits per heavy atom. The van der Waals surface area contributed by atoms with Gasteiger partial charge in [0.2, 0.25) is 5.91 Å². The van der Waals surface area contributed by atoms with E-state index in [2.05, 4.69) is 31.3 Å². The van der Waals surface area contributed by atoms with Crippen molar-refractivity contribution in [2.24, 2.45) is 0 Å². The van der Waals surface area contributed by atoms with Gasteiger partial charge in [0.05, 0.1) is 25.4 Å². The molecule has 0 saturated carbocycles. The third-order valence-corrected chi connectivity index (χ3v) is 12.5. The lowest BCUT2D eigenvalue weighted by Crippen LogP contribution is -2.45. The van der Waals surface area contributed by atoms with Crippen LogP contribution in [0.1, 0.15) is 290 Å². The van der Waals surface area contributed by atoms with Crippen LogP contribution in [-0.2, 0) is 14.3 Å². The fourth-order valence-corrected chi connectivity index (χ4v) is 8.27. The van der Waals surface area contributed by atoms with E-state index in [4.69, 9.17) is 4.74 Å². The number of unbranched alkanes of at least 4 members (excludes halogenated alkanes) is 37. The molecule has 0 rings (SSSR count). The largest absolute Gasteiger partial charge is 0.466 e. The average Bonchev–Trinajstić information content (AvgIpc) is 3.26. The zero-order valence-electron chi connectivity index (χ0n) is 40.9. The third kappa shape index (κ3) is 47.7. The Kier molecular flexibility index (Phi) is 49.6. The van der Waals surface area contributed by atoms with E-state index in [0.717, 1.165) is 70.6 Å². The number of aliphatic hydroxyl groups is 2. The number of allylic oxidation sites excluding steroid dienone is 3. The molecule has 0 aliphatic heterocycles. The van der Waals surface area contributed by atoms with Gasteiger partial charge in [0.1, 0.15) is 0 Å². The first kappa shape index (κ1) is 59.3. The van der Waals surface area contributed by atoms with Crippen LogP contribution >= 0.6 is 0 Å². The predicted octanol–water partition coefficient (Wildman–Crippen LogP) is 16.3. The maximum Gasteiger partial charge on any atom is 0.305 e. The van der Waals surface area contributed by atoms with Gasteiger partial charge in [-0.15, -0.1) is 0 Å². The summed E-state index contributed by atoms with van der Waals surface area (Å²) in [6, 6.07) is -0.646. The van der Waals surface area contributed by atoms with Crippen LogP contribution in [0.3, 0.4) is 0 Å². The summed E-state index contributed by atoms with van der Waals surface area (Å²) in [6.45, 7) is 4.86. The average molecular weight is 860 g/mol. The Morgan fingerprint density at radius 3 is 1.18 bits per heavy atom. The fourth-order valence-electron chi connectivity index (χ4n) is 8.27. The maximum atomic E-state index is 12.4. The molecule has 0 aromatic carbocycles. The van der Waals surface area contributed by atoms with Gasteiger partial charge in [0.25, 0.3) is 0 Å². The van der Waals surface area contributed by atoms with Crippen molar-refractivity contribution in [3.63, 3.8) is 0 Å². The number of hydrogen-bond acceptors (Lipinski definition) is 5. The Hall–Kier alpha value is -1.66. The molecule has 1 amide bonds. The molecule has 0 aromatic heterocycles. The van der Waals surface area contributed by atoms with Crippen LogP contribution < -0.4 is 5.32 Å². The molecule has 6 heteroatoms. The van der Waals surface area contributed by atoms with Crippen molar-refractivity contribution in [3.05, 3.63) is 24.3 Å². The third-order valence-electron chi connectivity index (χ3n) is 12.5. The molecule has 0 aliphatic rings. The van der Waals surface area contributed by atoms with Gasteiger partial charge < -0.3 is 20.3 Å². The van der Waals surface area contributed by atoms with Crippen LogP contribution in [0.15, 0.2) is 24.3 Å². The molecule has 0 saturated heterocycles. The van der Waals surface area contributed by atoms with Crippen LogP contribution in [0.4, 0.5) is 0 Å². The fraction of sp³-hybridized carbons (Fsp3) is 0.891. The Balaban J connectivity index is 3.47. The standard InChI is InChI=1S/C55H105NO5/c1-3-5-7-9-11-13-15-17-18-19-20-21-22-25-29-33-37-41-45-49-55(60)61-50-46-42-38-34-30-26-23-24-28-32-36-40-44-48-54(59)56-52(51-57)53(58)47-43-39-35-31-27-16-14-12-10-8-6-4-2/h24,28,43,47,52-53,57-58H,3-23,25-27,29-42,44-46,48-51H2,1-2H3,(H,56,59)/b28-24-,47-43+. The predicted molar refractivity (Wildman–Crippen MR) is 264 cm³/mol. The topological polar surface area (TPSA) is 95.9 Å². The van der Waals surface area contributed by atoms with Gasteiger partial charge in [0.15, 0.2) is 0 Å². The van der Waals surface area contributed by atoms with Crippen LogP contribution in [-0.4, -0.2) is 47.4 Å². The minimum absolute atomic E-state index is 0.00961. The van der Waals surface area contributed by atoms with E-state index in [9.17, 15) is 19.8 Å². The number of carbonyl (C=O) groups is 2. The Bertz CT molecular complexity index is 951. The highest BCUT2D eigenvalue weighted by atomic mass is 16.5. The molecule has 2 atom stereocenters. The zero-order valence-corrected chi connectivity index (χ0v) is 40.9. The summed E-state index contributed by atoms with van der Waals surface area (Å²) in [4.78, 5) is 24.5. The molecule has 0 aliphatic carbocycles. The number of rotatable bonds is 50.